The number of aliphatic imine (C=N–C) groups is 1. The molecule has 0 aromatic heterocycles. The Morgan fingerprint density at radius 2 is 1.74 bits per heavy atom. The van der Waals surface area contributed by atoms with E-state index in [0.29, 0.717) is 39.6 Å². The Hall–Kier alpha value is -4.20. The first-order valence-electron chi connectivity index (χ1n) is 13.0. The second-order valence-electron chi connectivity index (χ2n) is 9.89. The third-order valence-electron chi connectivity index (χ3n) is 7.34. The molecule has 38 heavy (non-hydrogen) atoms. The van der Waals surface area contributed by atoms with Crippen molar-refractivity contribution in [1.82, 2.24) is 10.2 Å². The fraction of sp³-hybridized carbons (Fsp3) is 0.300. The van der Waals surface area contributed by atoms with Gasteiger partial charge in [0, 0.05) is 18.2 Å². The highest BCUT2D eigenvalue weighted by molar-refractivity contribution is 6.21. The van der Waals surface area contributed by atoms with Gasteiger partial charge < -0.3 is 19.7 Å². The summed E-state index contributed by atoms with van der Waals surface area (Å²) in [5.74, 6) is 0.219. The van der Waals surface area contributed by atoms with E-state index in [9.17, 15) is 14.0 Å². The van der Waals surface area contributed by atoms with Crippen LogP contribution in [0.15, 0.2) is 71.7 Å². The molecule has 1 atom stereocenters. The number of hydrogen-bond acceptors (Lipinski definition) is 5. The summed E-state index contributed by atoms with van der Waals surface area (Å²) in [6, 6.07) is 17.5. The molecule has 1 unspecified atom stereocenters. The van der Waals surface area contributed by atoms with E-state index in [2.05, 4.69) is 5.32 Å². The predicted octanol–water partition coefficient (Wildman–Crippen LogP) is 5.15. The standard InChI is InChI=1S/C30H28FN3O4/c31-21-13-10-19(11-14-21)17-34-28(29(35)32-22-6-2-1-3-7-22)27(20-12-15-25-26(16-20)38-18-37-25)33-24-9-5-4-8-23(24)30(34)36/h4-5,8-16,22,28H,1-3,6-7,17-18H2,(H,32,35). The van der Waals surface area contributed by atoms with Crippen LogP contribution in [-0.4, -0.2) is 41.3 Å². The first-order chi connectivity index (χ1) is 18.6. The molecule has 1 saturated carbocycles. The third kappa shape index (κ3) is 4.74. The number of fused-ring (bicyclic) bond motifs is 2. The first-order valence-corrected chi connectivity index (χ1v) is 13.0. The molecule has 0 radical (unpaired) electrons. The average molecular weight is 514 g/mol. The minimum atomic E-state index is -1.01. The van der Waals surface area contributed by atoms with E-state index < -0.39 is 6.04 Å². The lowest BCUT2D eigenvalue weighted by Crippen LogP contribution is -2.55. The van der Waals surface area contributed by atoms with Crippen molar-refractivity contribution in [1.29, 1.82) is 0 Å². The van der Waals surface area contributed by atoms with Crippen LogP contribution in [0.2, 0.25) is 0 Å². The van der Waals surface area contributed by atoms with Crippen molar-refractivity contribution in [2.75, 3.05) is 6.79 Å². The molecule has 2 amide bonds. The van der Waals surface area contributed by atoms with Crippen molar-refractivity contribution in [3.8, 4) is 11.5 Å². The number of rotatable bonds is 5. The predicted molar refractivity (Wildman–Crippen MR) is 140 cm³/mol. The minimum Gasteiger partial charge on any atom is -0.454 e. The highest BCUT2D eigenvalue weighted by Crippen LogP contribution is 2.35. The molecule has 1 fully saturated rings. The van der Waals surface area contributed by atoms with Gasteiger partial charge in [-0.15, -0.1) is 0 Å². The number of ether oxygens (including phenoxy) is 2. The van der Waals surface area contributed by atoms with Crippen molar-refractivity contribution in [2.45, 2.75) is 50.7 Å². The molecule has 1 N–H and O–H groups in total. The fourth-order valence-electron chi connectivity index (χ4n) is 5.38. The molecule has 2 aliphatic heterocycles. The van der Waals surface area contributed by atoms with Crippen LogP contribution in [0.1, 0.15) is 53.6 Å². The Balaban J connectivity index is 1.47. The number of carbonyl (C=O) groups is 2. The second-order valence-corrected chi connectivity index (χ2v) is 9.89. The summed E-state index contributed by atoms with van der Waals surface area (Å²) in [5, 5.41) is 3.21. The number of benzene rings is 3. The summed E-state index contributed by atoms with van der Waals surface area (Å²) in [6.45, 7) is 0.231. The number of halogens is 1. The molecule has 0 bridgehead atoms. The number of hydrogen-bond donors (Lipinski definition) is 1. The molecule has 3 aromatic carbocycles. The van der Waals surface area contributed by atoms with E-state index in [4.69, 9.17) is 14.5 Å². The molecule has 2 heterocycles. The van der Waals surface area contributed by atoms with E-state index >= 15 is 0 Å². The summed E-state index contributed by atoms with van der Waals surface area (Å²) < 4.78 is 24.8. The van der Waals surface area contributed by atoms with Gasteiger partial charge in [0.2, 0.25) is 12.7 Å². The summed E-state index contributed by atoms with van der Waals surface area (Å²) in [5.41, 5.74) is 2.70. The molecule has 6 rings (SSSR count). The van der Waals surface area contributed by atoms with Crippen LogP contribution in [-0.2, 0) is 11.3 Å². The van der Waals surface area contributed by atoms with E-state index in [1.807, 2.05) is 12.1 Å². The molecule has 3 aromatic rings. The van der Waals surface area contributed by atoms with Gasteiger partial charge in [0.1, 0.15) is 5.82 Å². The minimum absolute atomic E-state index is 0.0441. The first kappa shape index (κ1) is 24.2. The van der Waals surface area contributed by atoms with E-state index in [-0.39, 0.29) is 37.0 Å². The zero-order chi connectivity index (χ0) is 26.1. The van der Waals surface area contributed by atoms with Crippen molar-refractivity contribution in [3.63, 3.8) is 0 Å². The van der Waals surface area contributed by atoms with Gasteiger partial charge in [-0.1, -0.05) is 43.5 Å². The van der Waals surface area contributed by atoms with Crippen LogP contribution in [0.4, 0.5) is 10.1 Å². The molecular weight excluding hydrogens is 485 g/mol. The summed E-state index contributed by atoms with van der Waals surface area (Å²) in [6.07, 6.45) is 5.08. The highest BCUT2D eigenvalue weighted by Gasteiger charge is 2.39. The van der Waals surface area contributed by atoms with Gasteiger partial charge in [-0.2, -0.15) is 0 Å². The maximum Gasteiger partial charge on any atom is 0.257 e. The molecular formula is C30H28FN3O4. The lowest BCUT2D eigenvalue weighted by molar-refractivity contribution is -0.124. The quantitative estimate of drug-likeness (QED) is 0.512. The maximum atomic E-state index is 14.1. The normalized spacial score (nSPS) is 19.0. The lowest BCUT2D eigenvalue weighted by Gasteiger charge is -2.33. The zero-order valence-electron chi connectivity index (χ0n) is 20.9. The molecule has 1 aliphatic carbocycles. The Labute approximate surface area is 220 Å². The molecule has 7 nitrogen and oxygen atoms in total. The van der Waals surface area contributed by atoms with Crippen molar-refractivity contribution in [2.24, 2.45) is 4.99 Å². The monoisotopic (exact) mass is 513 g/mol. The fourth-order valence-corrected chi connectivity index (χ4v) is 5.38. The van der Waals surface area contributed by atoms with Gasteiger partial charge in [-0.3, -0.25) is 9.59 Å². The van der Waals surface area contributed by atoms with Crippen molar-refractivity contribution < 1.29 is 23.5 Å². The SMILES string of the molecule is O=C(NC1CCCCC1)C1C(c2ccc3c(c2)OCO3)=Nc2ccccc2C(=O)N1Cc1ccc(F)cc1. The molecule has 8 heteroatoms. The number of nitrogens with one attached hydrogen (secondary N) is 1. The van der Waals surface area contributed by atoms with Crippen molar-refractivity contribution in [3.05, 3.63) is 89.2 Å². The van der Waals surface area contributed by atoms with Crippen molar-refractivity contribution >= 4 is 23.2 Å². The van der Waals surface area contributed by atoms with Crippen LogP contribution < -0.4 is 14.8 Å². The van der Waals surface area contributed by atoms with Crippen LogP contribution in [0.3, 0.4) is 0 Å². The largest absolute Gasteiger partial charge is 0.454 e. The maximum absolute atomic E-state index is 14.1. The number of nitrogens with zero attached hydrogens (tertiary/aromatic N) is 2. The molecule has 0 spiro atoms. The summed E-state index contributed by atoms with van der Waals surface area (Å²) in [4.78, 5) is 34.6. The van der Waals surface area contributed by atoms with E-state index in [1.165, 1.54) is 12.1 Å². The molecule has 194 valence electrons. The van der Waals surface area contributed by atoms with Crippen LogP contribution in [0.5, 0.6) is 11.5 Å². The van der Waals surface area contributed by atoms with Gasteiger partial charge in [0.15, 0.2) is 17.5 Å². The topological polar surface area (TPSA) is 80.2 Å². The number of carbonyl (C=O) groups excluding carboxylic acids is 2. The van der Waals surface area contributed by atoms with Gasteiger partial charge in [0.05, 0.1) is 17.0 Å². The van der Waals surface area contributed by atoms with Crippen LogP contribution >= 0.6 is 0 Å². The lowest BCUT2D eigenvalue weighted by atomic mass is 9.94. The Kier molecular flexibility index (Phi) is 6.54. The van der Waals surface area contributed by atoms with Crippen LogP contribution in [0.25, 0.3) is 0 Å². The van der Waals surface area contributed by atoms with Gasteiger partial charge in [0.25, 0.3) is 5.91 Å². The summed E-state index contributed by atoms with van der Waals surface area (Å²) in [7, 11) is 0. The van der Waals surface area contributed by atoms with E-state index in [1.54, 1.807) is 47.4 Å². The number of para-hydroxylation sites is 1. The molecule has 0 saturated heterocycles. The zero-order valence-corrected chi connectivity index (χ0v) is 20.9. The second kappa shape index (κ2) is 10.3. The average Bonchev–Trinajstić information content (AvgIpc) is 3.37. The van der Waals surface area contributed by atoms with E-state index in [0.717, 1.165) is 32.1 Å². The highest BCUT2D eigenvalue weighted by atomic mass is 19.1. The van der Waals surface area contributed by atoms with Crippen LogP contribution in [0, 0.1) is 5.82 Å². The Bertz CT molecular complexity index is 1400. The Morgan fingerprint density at radius 1 is 0.974 bits per heavy atom. The van der Waals surface area contributed by atoms with Gasteiger partial charge in [-0.05, 0) is 60.9 Å². The third-order valence-corrected chi connectivity index (χ3v) is 7.34. The summed E-state index contributed by atoms with van der Waals surface area (Å²) >= 11 is 0. The Morgan fingerprint density at radius 3 is 2.55 bits per heavy atom. The number of amides is 2. The van der Waals surface area contributed by atoms with Gasteiger partial charge in [-0.25, -0.2) is 9.38 Å². The van der Waals surface area contributed by atoms with Gasteiger partial charge >= 0.3 is 0 Å². The smallest absolute Gasteiger partial charge is 0.257 e. The molecule has 3 aliphatic rings.